The van der Waals surface area contributed by atoms with E-state index in [1.807, 2.05) is 18.2 Å². The molecule has 2 aromatic carbocycles. The van der Waals surface area contributed by atoms with Crippen molar-refractivity contribution in [1.82, 2.24) is 20.2 Å². The third-order valence-corrected chi connectivity index (χ3v) is 6.27. The normalized spacial score (nSPS) is 19.1. The number of nitrogens with one attached hydrogen (secondary N) is 1. The lowest BCUT2D eigenvalue weighted by atomic mass is 10.2. The van der Waals surface area contributed by atoms with Gasteiger partial charge in [-0.2, -0.15) is 4.98 Å². The van der Waals surface area contributed by atoms with Crippen molar-refractivity contribution in [3.05, 3.63) is 53.1 Å². The molecule has 2 aliphatic heterocycles. The molecule has 2 aliphatic rings. The SMILES string of the molecule is Fc1ccc(Oc2nc(C3COCCN3)nc3cc(OCCCN4CCOCC4)ccc23)c(Cl)c1. The molecule has 3 heterocycles. The largest absolute Gasteiger partial charge is 0.493 e. The molecule has 2 fully saturated rings. The highest BCUT2D eigenvalue weighted by Gasteiger charge is 2.21. The second-order valence-corrected chi connectivity index (χ2v) is 8.89. The minimum absolute atomic E-state index is 0.164. The summed E-state index contributed by atoms with van der Waals surface area (Å²) < 4.78 is 36.6. The highest BCUT2D eigenvalue weighted by molar-refractivity contribution is 6.32. The van der Waals surface area contributed by atoms with Gasteiger partial charge in [0.2, 0.25) is 5.88 Å². The molecule has 2 saturated heterocycles. The summed E-state index contributed by atoms with van der Waals surface area (Å²) in [5.41, 5.74) is 0.682. The zero-order chi connectivity index (χ0) is 24.0. The van der Waals surface area contributed by atoms with E-state index in [2.05, 4.69) is 15.2 Å². The average Bonchev–Trinajstić information content (AvgIpc) is 2.89. The molecule has 10 heteroatoms. The lowest BCUT2D eigenvalue weighted by molar-refractivity contribution is 0.0358. The van der Waals surface area contributed by atoms with Crippen LogP contribution in [0.15, 0.2) is 36.4 Å². The number of morpholine rings is 2. The fourth-order valence-corrected chi connectivity index (χ4v) is 4.32. The van der Waals surface area contributed by atoms with Crippen LogP contribution in [0.3, 0.4) is 0 Å². The Bertz CT molecular complexity index is 1160. The Labute approximate surface area is 208 Å². The van der Waals surface area contributed by atoms with Crippen molar-refractivity contribution in [2.45, 2.75) is 12.5 Å². The first-order valence-corrected chi connectivity index (χ1v) is 12.2. The van der Waals surface area contributed by atoms with Crippen molar-refractivity contribution >= 4 is 22.5 Å². The zero-order valence-electron chi connectivity index (χ0n) is 19.3. The van der Waals surface area contributed by atoms with Crippen molar-refractivity contribution < 1.29 is 23.3 Å². The number of nitrogens with zero attached hydrogens (tertiary/aromatic N) is 3. The van der Waals surface area contributed by atoms with Crippen LogP contribution in [-0.2, 0) is 9.47 Å². The summed E-state index contributed by atoms with van der Waals surface area (Å²) in [6, 6.07) is 9.45. The zero-order valence-corrected chi connectivity index (χ0v) is 20.1. The molecule has 0 aliphatic carbocycles. The third kappa shape index (κ3) is 6.17. The summed E-state index contributed by atoms with van der Waals surface area (Å²) >= 11 is 6.20. The van der Waals surface area contributed by atoms with Crippen LogP contribution in [0.5, 0.6) is 17.4 Å². The summed E-state index contributed by atoms with van der Waals surface area (Å²) in [5.74, 6) is 1.49. The third-order valence-electron chi connectivity index (χ3n) is 5.98. The van der Waals surface area contributed by atoms with Gasteiger partial charge in [0.25, 0.3) is 0 Å². The maximum absolute atomic E-state index is 13.5. The predicted octanol–water partition coefficient (Wildman–Crippen LogP) is 3.98. The summed E-state index contributed by atoms with van der Waals surface area (Å²) in [6.07, 6.45) is 0.924. The Morgan fingerprint density at radius 2 is 1.97 bits per heavy atom. The quantitative estimate of drug-likeness (QED) is 0.463. The summed E-state index contributed by atoms with van der Waals surface area (Å²) in [6.45, 7) is 6.91. The molecule has 186 valence electrons. The van der Waals surface area contributed by atoms with Gasteiger partial charge in [0.1, 0.15) is 17.3 Å². The first-order valence-electron chi connectivity index (χ1n) is 11.8. The summed E-state index contributed by atoms with van der Waals surface area (Å²) in [4.78, 5) is 11.8. The smallest absolute Gasteiger partial charge is 0.230 e. The molecule has 3 aromatic rings. The van der Waals surface area contributed by atoms with Crippen LogP contribution in [0.1, 0.15) is 18.3 Å². The number of halogens is 2. The fourth-order valence-electron chi connectivity index (χ4n) is 4.12. The van der Waals surface area contributed by atoms with Gasteiger partial charge < -0.3 is 24.3 Å². The van der Waals surface area contributed by atoms with E-state index in [4.69, 9.17) is 35.5 Å². The van der Waals surface area contributed by atoms with E-state index in [0.717, 1.165) is 45.0 Å². The van der Waals surface area contributed by atoms with E-state index in [9.17, 15) is 4.39 Å². The molecule has 5 rings (SSSR count). The monoisotopic (exact) mass is 502 g/mol. The fraction of sp³-hybridized carbons (Fsp3) is 0.440. The molecule has 1 aromatic heterocycles. The van der Waals surface area contributed by atoms with Crippen molar-refractivity contribution in [1.29, 1.82) is 0 Å². The minimum atomic E-state index is -0.436. The van der Waals surface area contributed by atoms with Gasteiger partial charge in [0, 0.05) is 32.2 Å². The predicted molar refractivity (Wildman–Crippen MR) is 130 cm³/mol. The van der Waals surface area contributed by atoms with Crippen LogP contribution < -0.4 is 14.8 Å². The molecule has 0 amide bonds. The Hall–Kier alpha value is -2.56. The van der Waals surface area contributed by atoms with Gasteiger partial charge in [-0.3, -0.25) is 4.90 Å². The molecule has 0 bridgehead atoms. The lowest BCUT2D eigenvalue weighted by Crippen LogP contribution is -2.37. The Morgan fingerprint density at radius 3 is 2.77 bits per heavy atom. The number of hydrogen-bond acceptors (Lipinski definition) is 8. The van der Waals surface area contributed by atoms with Crippen LogP contribution in [0.4, 0.5) is 4.39 Å². The lowest BCUT2D eigenvalue weighted by Gasteiger charge is -2.26. The highest BCUT2D eigenvalue weighted by Crippen LogP contribution is 2.34. The van der Waals surface area contributed by atoms with Crippen molar-refractivity contribution in [2.75, 3.05) is 59.2 Å². The second kappa shape index (κ2) is 11.5. The number of aromatic nitrogens is 2. The van der Waals surface area contributed by atoms with E-state index in [1.54, 1.807) is 0 Å². The van der Waals surface area contributed by atoms with E-state index in [0.29, 0.717) is 54.7 Å². The van der Waals surface area contributed by atoms with E-state index < -0.39 is 5.82 Å². The molecule has 1 unspecified atom stereocenters. The minimum Gasteiger partial charge on any atom is -0.493 e. The summed E-state index contributed by atoms with van der Waals surface area (Å²) in [7, 11) is 0. The number of benzene rings is 2. The first-order chi connectivity index (χ1) is 17.2. The van der Waals surface area contributed by atoms with Crippen LogP contribution in [-0.4, -0.2) is 74.1 Å². The molecular weight excluding hydrogens is 475 g/mol. The molecule has 0 spiro atoms. The molecule has 0 saturated carbocycles. The van der Waals surface area contributed by atoms with Crippen molar-refractivity contribution in [2.24, 2.45) is 0 Å². The average molecular weight is 503 g/mol. The topological polar surface area (TPSA) is 78.0 Å². The van der Waals surface area contributed by atoms with Crippen LogP contribution in [0.25, 0.3) is 10.9 Å². The van der Waals surface area contributed by atoms with Crippen LogP contribution in [0, 0.1) is 5.82 Å². The molecular formula is C25H28ClFN4O4. The molecule has 0 radical (unpaired) electrons. The van der Waals surface area contributed by atoms with E-state index >= 15 is 0 Å². The molecule has 8 nitrogen and oxygen atoms in total. The number of hydrogen-bond donors (Lipinski definition) is 1. The van der Waals surface area contributed by atoms with Gasteiger partial charge in [-0.25, -0.2) is 9.37 Å². The van der Waals surface area contributed by atoms with Gasteiger partial charge in [-0.1, -0.05) is 11.6 Å². The van der Waals surface area contributed by atoms with E-state index in [-0.39, 0.29) is 11.1 Å². The standard InChI is InChI=1S/C25H28ClFN4O4/c26-20-14-17(27)2-5-23(20)35-25-19-4-3-18(34-10-1-7-31-8-12-32-13-9-31)15-21(19)29-24(30-25)22-16-33-11-6-28-22/h2-5,14-15,22,28H,1,6-13,16H2. The number of rotatable bonds is 8. The number of fused-ring (bicyclic) bond motifs is 1. The maximum atomic E-state index is 13.5. The summed E-state index contributed by atoms with van der Waals surface area (Å²) in [5, 5.41) is 4.24. The molecule has 35 heavy (non-hydrogen) atoms. The molecule has 1 N–H and O–H groups in total. The second-order valence-electron chi connectivity index (χ2n) is 8.48. The van der Waals surface area contributed by atoms with Gasteiger partial charge in [-0.05, 0) is 36.8 Å². The first kappa shape index (κ1) is 24.1. The maximum Gasteiger partial charge on any atom is 0.230 e. The molecule has 1 atom stereocenters. The van der Waals surface area contributed by atoms with Crippen molar-refractivity contribution in [3.8, 4) is 17.4 Å². The van der Waals surface area contributed by atoms with Gasteiger partial charge in [0.05, 0.1) is 55.0 Å². The number of ether oxygens (including phenoxy) is 4. The van der Waals surface area contributed by atoms with Crippen LogP contribution >= 0.6 is 11.6 Å². The van der Waals surface area contributed by atoms with Gasteiger partial charge >= 0.3 is 0 Å². The Balaban J connectivity index is 1.36. The Kier molecular flexibility index (Phi) is 7.90. The Morgan fingerprint density at radius 1 is 1.09 bits per heavy atom. The van der Waals surface area contributed by atoms with Crippen molar-refractivity contribution in [3.63, 3.8) is 0 Å². The van der Waals surface area contributed by atoms with Crippen LogP contribution in [0.2, 0.25) is 5.02 Å². The van der Waals surface area contributed by atoms with Gasteiger partial charge in [0.15, 0.2) is 5.82 Å². The highest BCUT2D eigenvalue weighted by atomic mass is 35.5. The van der Waals surface area contributed by atoms with Gasteiger partial charge in [-0.15, -0.1) is 0 Å². The van der Waals surface area contributed by atoms with E-state index in [1.165, 1.54) is 18.2 Å².